The van der Waals surface area contributed by atoms with Crippen molar-refractivity contribution in [3.63, 3.8) is 0 Å². The monoisotopic (exact) mass is 356 g/mol. The van der Waals surface area contributed by atoms with E-state index in [1.165, 1.54) is 44.9 Å². The average molecular weight is 357 g/mol. The van der Waals surface area contributed by atoms with Crippen LogP contribution in [-0.2, 0) is 19.1 Å². The highest BCUT2D eigenvalue weighted by molar-refractivity contribution is 5.69. The first-order valence-corrected chi connectivity index (χ1v) is 10.5. The first-order valence-electron chi connectivity index (χ1n) is 10.5. The van der Waals surface area contributed by atoms with E-state index in [1.54, 1.807) is 0 Å². The fourth-order valence-electron chi connectivity index (χ4n) is 2.67. The van der Waals surface area contributed by atoms with Crippen molar-refractivity contribution in [2.24, 2.45) is 0 Å². The van der Waals surface area contributed by atoms with Crippen LogP contribution in [0.5, 0.6) is 0 Å². The van der Waals surface area contributed by atoms with Crippen molar-refractivity contribution in [3.05, 3.63) is 0 Å². The lowest BCUT2D eigenvalue weighted by molar-refractivity contribution is -0.144. The van der Waals surface area contributed by atoms with E-state index >= 15 is 0 Å². The molecule has 0 saturated heterocycles. The normalized spacial score (nSPS) is 10.6. The number of ether oxygens (including phenoxy) is 2. The van der Waals surface area contributed by atoms with Gasteiger partial charge in [0.25, 0.3) is 0 Å². The van der Waals surface area contributed by atoms with Gasteiger partial charge in [0.2, 0.25) is 0 Å². The van der Waals surface area contributed by atoms with Crippen molar-refractivity contribution in [3.8, 4) is 0 Å². The summed E-state index contributed by atoms with van der Waals surface area (Å²) in [6.07, 6.45) is 15.6. The van der Waals surface area contributed by atoms with Gasteiger partial charge in [-0.1, -0.05) is 71.6 Å². The third-order valence-electron chi connectivity index (χ3n) is 4.24. The molecule has 0 bridgehead atoms. The molecule has 4 nitrogen and oxygen atoms in total. The van der Waals surface area contributed by atoms with E-state index in [-0.39, 0.29) is 11.9 Å². The molecule has 4 heteroatoms. The first-order chi connectivity index (χ1) is 12.2. The maximum absolute atomic E-state index is 11.6. The number of hydrogen-bond donors (Lipinski definition) is 0. The maximum atomic E-state index is 11.6. The smallest absolute Gasteiger partial charge is 0.305 e. The summed E-state index contributed by atoms with van der Waals surface area (Å²) >= 11 is 0. The second kappa shape index (κ2) is 19.3. The van der Waals surface area contributed by atoms with Crippen molar-refractivity contribution >= 4 is 11.9 Å². The molecule has 0 aliphatic carbocycles. The van der Waals surface area contributed by atoms with Crippen LogP contribution in [0.2, 0.25) is 0 Å². The molecule has 0 atom stereocenters. The largest absolute Gasteiger partial charge is 0.466 e. The number of rotatable bonds is 18. The van der Waals surface area contributed by atoms with Gasteiger partial charge in [0.05, 0.1) is 13.2 Å². The van der Waals surface area contributed by atoms with Crippen LogP contribution in [0.4, 0.5) is 0 Å². The molecule has 0 heterocycles. The molecule has 0 amide bonds. The molecule has 0 spiro atoms. The molecule has 0 fully saturated rings. The predicted octanol–water partition coefficient (Wildman–Crippen LogP) is 5.96. The van der Waals surface area contributed by atoms with Crippen molar-refractivity contribution in [2.75, 3.05) is 13.2 Å². The van der Waals surface area contributed by atoms with Crippen LogP contribution in [0.15, 0.2) is 0 Å². The molecule has 0 aromatic carbocycles. The average Bonchev–Trinajstić information content (AvgIpc) is 2.61. The van der Waals surface area contributed by atoms with Gasteiger partial charge in [-0.2, -0.15) is 0 Å². The minimum atomic E-state index is -0.130. The van der Waals surface area contributed by atoms with Crippen LogP contribution >= 0.6 is 0 Å². The highest BCUT2D eigenvalue weighted by atomic mass is 16.5. The molecular weight excluding hydrogens is 316 g/mol. The Morgan fingerprint density at radius 2 is 0.960 bits per heavy atom. The van der Waals surface area contributed by atoms with Crippen LogP contribution in [-0.4, -0.2) is 25.2 Å². The van der Waals surface area contributed by atoms with E-state index in [2.05, 4.69) is 6.92 Å². The lowest BCUT2D eigenvalue weighted by atomic mass is 10.1. The highest BCUT2D eigenvalue weighted by Gasteiger charge is 2.05. The van der Waals surface area contributed by atoms with E-state index in [1.807, 2.05) is 6.92 Å². The van der Waals surface area contributed by atoms with Crippen LogP contribution in [0.25, 0.3) is 0 Å². The van der Waals surface area contributed by atoms with Gasteiger partial charge >= 0.3 is 11.9 Å². The summed E-state index contributed by atoms with van der Waals surface area (Å²) in [5, 5.41) is 0. The number of carbonyl (C=O) groups is 2. The maximum Gasteiger partial charge on any atom is 0.305 e. The van der Waals surface area contributed by atoms with Crippen molar-refractivity contribution in [2.45, 2.75) is 110 Å². The minimum Gasteiger partial charge on any atom is -0.466 e. The Kier molecular flexibility index (Phi) is 18.5. The van der Waals surface area contributed by atoms with E-state index in [0.717, 1.165) is 38.5 Å². The van der Waals surface area contributed by atoms with Gasteiger partial charge in [0.1, 0.15) is 0 Å². The molecule has 0 unspecified atom stereocenters. The van der Waals surface area contributed by atoms with Crippen LogP contribution in [0.1, 0.15) is 110 Å². The van der Waals surface area contributed by atoms with Crippen LogP contribution in [0.3, 0.4) is 0 Å². The Bertz CT molecular complexity index is 315. The molecule has 0 aromatic rings. The van der Waals surface area contributed by atoms with Crippen molar-refractivity contribution in [1.82, 2.24) is 0 Å². The lowest BCUT2D eigenvalue weighted by Gasteiger charge is -2.05. The fraction of sp³-hybridized carbons (Fsp3) is 0.905. The van der Waals surface area contributed by atoms with Gasteiger partial charge < -0.3 is 9.47 Å². The molecule has 148 valence electrons. The lowest BCUT2D eigenvalue weighted by Crippen LogP contribution is -2.06. The number of unbranched alkanes of at least 4 members (excludes halogenated alkanes) is 10. The molecular formula is C21H40O4. The summed E-state index contributed by atoms with van der Waals surface area (Å²) in [6, 6.07) is 0. The third-order valence-corrected chi connectivity index (χ3v) is 4.24. The van der Waals surface area contributed by atoms with Gasteiger partial charge in [-0.05, 0) is 25.7 Å². The van der Waals surface area contributed by atoms with Crippen molar-refractivity contribution < 1.29 is 19.1 Å². The second-order valence-corrected chi connectivity index (χ2v) is 6.83. The quantitative estimate of drug-likeness (QED) is 0.224. The molecule has 0 aliphatic heterocycles. The van der Waals surface area contributed by atoms with Crippen LogP contribution in [0, 0.1) is 0 Å². The van der Waals surface area contributed by atoms with E-state index in [0.29, 0.717) is 26.1 Å². The van der Waals surface area contributed by atoms with Gasteiger partial charge in [0, 0.05) is 12.8 Å². The van der Waals surface area contributed by atoms with E-state index in [4.69, 9.17) is 9.47 Å². The minimum absolute atomic E-state index is 0.104. The Morgan fingerprint density at radius 1 is 0.520 bits per heavy atom. The van der Waals surface area contributed by atoms with Gasteiger partial charge in [-0.15, -0.1) is 0 Å². The van der Waals surface area contributed by atoms with Crippen molar-refractivity contribution in [1.29, 1.82) is 0 Å². The Labute approximate surface area is 155 Å². The second-order valence-electron chi connectivity index (χ2n) is 6.83. The van der Waals surface area contributed by atoms with E-state index in [9.17, 15) is 9.59 Å². The Morgan fingerprint density at radius 3 is 1.48 bits per heavy atom. The standard InChI is InChI=1S/C21H40O4/c1-3-5-6-7-8-9-10-11-15-19-25-21(23)17-14-12-13-16-20(22)24-18-4-2/h3-19H2,1-2H3. The highest BCUT2D eigenvalue weighted by Crippen LogP contribution is 2.10. The number of carbonyl (C=O) groups excluding carboxylic acids is 2. The molecule has 25 heavy (non-hydrogen) atoms. The predicted molar refractivity (Wildman–Crippen MR) is 103 cm³/mol. The SMILES string of the molecule is CCCCCCCCCCCOC(=O)CCCCCC(=O)OCCC. The summed E-state index contributed by atoms with van der Waals surface area (Å²) in [4.78, 5) is 22.9. The Hall–Kier alpha value is -1.06. The molecule has 0 rings (SSSR count). The zero-order valence-electron chi connectivity index (χ0n) is 16.7. The molecule has 0 saturated carbocycles. The first kappa shape index (κ1) is 23.9. The zero-order valence-corrected chi connectivity index (χ0v) is 16.7. The molecule has 0 radical (unpaired) electrons. The van der Waals surface area contributed by atoms with Crippen LogP contribution < -0.4 is 0 Å². The molecule has 0 aromatic heterocycles. The molecule has 0 N–H and O–H groups in total. The summed E-state index contributed by atoms with van der Waals surface area (Å²) in [5.74, 6) is -0.233. The summed E-state index contributed by atoms with van der Waals surface area (Å²) in [7, 11) is 0. The summed E-state index contributed by atoms with van der Waals surface area (Å²) in [5.41, 5.74) is 0. The Balaban J connectivity index is 3.24. The molecule has 0 aliphatic rings. The number of hydrogen-bond acceptors (Lipinski definition) is 4. The van der Waals surface area contributed by atoms with Gasteiger partial charge in [0.15, 0.2) is 0 Å². The van der Waals surface area contributed by atoms with E-state index < -0.39 is 0 Å². The third kappa shape index (κ3) is 19.1. The number of esters is 2. The topological polar surface area (TPSA) is 52.6 Å². The van der Waals surface area contributed by atoms with Gasteiger partial charge in [-0.3, -0.25) is 9.59 Å². The zero-order chi connectivity index (χ0) is 18.6. The summed E-state index contributed by atoms with van der Waals surface area (Å²) < 4.78 is 10.3. The van der Waals surface area contributed by atoms with Gasteiger partial charge in [-0.25, -0.2) is 0 Å². The fourth-order valence-corrected chi connectivity index (χ4v) is 2.67. The summed E-state index contributed by atoms with van der Waals surface area (Å²) in [6.45, 7) is 5.28.